The number of thioether (sulfide) groups is 1. The van der Waals surface area contributed by atoms with Crippen molar-refractivity contribution in [3.8, 4) is 0 Å². The average molecular weight is 415 g/mol. The highest BCUT2D eigenvalue weighted by Crippen LogP contribution is 2.30. The first-order valence-electron chi connectivity index (χ1n) is 8.38. The van der Waals surface area contributed by atoms with Crippen LogP contribution in [0.1, 0.15) is 15.9 Å². The van der Waals surface area contributed by atoms with Crippen molar-refractivity contribution in [1.82, 2.24) is 9.55 Å². The maximum atomic E-state index is 14.0. The summed E-state index contributed by atoms with van der Waals surface area (Å²) in [7, 11) is 0. The molecule has 1 heterocycles. The molecule has 0 amide bonds. The zero-order chi connectivity index (χ0) is 19.7. The quantitative estimate of drug-likeness (QED) is 0.387. The van der Waals surface area contributed by atoms with Crippen molar-refractivity contribution >= 4 is 39.5 Å². The van der Waals surface area contributed by atoms with E-state index >= 15 is 0 Å². The number of carbonyl (C=O) groups excluding carboxylic acids is 1. The van der Waals surface area contributed by atoms with Gasteiger partial charge in [0.1, 0.15) is 11.6 Å². The summed E-state index contributed by atoms with van der Waals surface area (Å²) in [4.78, 5) is 17.1. The maximum absolute atomic E-state index is 14.0. The van der Waals surface area contributed by atoms with E-state index in [9.17, 15) is 13.6 Å². The molecule has 4 rings (SSSR count). The number of fused-ring (bicyclic) bond motifs is 1. The molecule has 0 saturated heterocycles. The van der Waals surface area contributed by atoms with Gasteiger partial charge in [0.25, 0.3) is 0 Å². The lowest BCUT2D eigenvalue weighted by molar-refractivity contribution is 0.108. The largest absolute Gasteiger partial charge is 0.314 e. The molecule has 3 aromatic carbocycles. The summed E-state index contributed by atoms with van der Waals surface area (Å²) >= 11 is 6.87. The second-order valence-electron chi connectivity index (χ2n) is 6.11. The molecule has 3 nitrogen and oxygen atoms in total. The molecule has 0 fully saturated rings. The summed E-state index contributed by atoms with van der Waals surface area (Å²) in [6, 6.07) is 17.9. The van der Waals surface area contributed by atoms with Gasteiger partial charge in [0.2, 0.25) is 5.12 Å². The molecule has 0 bridgehead atoms. The van der Waals surface area contributed by atoms with E-state index in [2.05, 4.69) is 4.98 Å². The Hall–Kier alpha value is -2.70. The summed E-state index contributed by atoms with van der Waals surface area (Å²) in [5.41, 5.74) is 2.28. The minimum atomic E-state index is -0.897. The lowest BCUT2D eigenvalue weighted by atomic mass is 10.2. The lowest BCUT2D eigenvalue weighted by Crippen LogP contribution is -2.05. The number of benzene rings is 3. The minimum absolute atomic E-state index is 0.192. The first kappa shape index (κ1) is 18.7. The molecule has 0 radical (unpaired) electrons. The summed E-state index contributed by atoms with van der Waals surface area (Å²) in [5, 5.41) is 0.396. The fourth-order valence-corrected chi connectivity index (χ4v) is 3.90. The van der Waals surface area contributed by atoms with Crippen LogP contribution < -0.4 is 0 Å². The Kier molecular flexibility index (Phi) is 5.15. The van der Waals surface area contributed by atoms with Crippen LogP contribution in [0.5, 0.6) is 0 Å². The van der Waals surface area contributed by atoms with Crippen molar-refractivity contribution in [1.29, 1.82) is 0 Å². The molecule has 0 spiro atoms. The third kappa shape index (κ3) is 3.79. The molecule has 0 aliphatic rings. The molecule has 7 heteroatoms. The predicted octanol–water partition coefficient (Wildman–Crippen LogP) is 5.95. The molecule has 0 unspecified atom stereocenters. The van der Waals surface area contributed by atoms with Crippen LogP contribution in [0.3, 0.4) is 0 Å². The van der Waals surface area contributed by atoms with Crippen LogP contribution in [0.2, 0.25) is 5.02 Å². The summed E-state index contributed by atoms with van der Waals surface area (Å²) in [6.07, 6.45) is 0. The molecular formula is C21H13ClF2N2OS. The van der Waals surface area contributed by atoms with Crippen LogP contribution in [0.25, 0.3) is 11.0 Å². The van der Waals surface area contributed by atoms with E-state index < -0.39 is 16.7 Å². The van der Waals surface area contributed by atoms with Gasteiger partial charge < -0.3 is 4.57 Å². The maximum Gasteiger partial charge on any atom is 0.229 e. The Morgan fingerprint density at radius 2 is 1.82 bits per heavy atom. The number of rotatable bonds is 4. The SMILES string of the molecule is O=C(Sc1nc2cc(Cl)ccc2n1Cc1ccccc1)c1ccc(F)cc1F. The number of carbonyl (C=O) groups is 1. The fourth-order valence-electron chi connectivity index (χ4n) is 2.87. The summed E-state index contributed by atoms with van der Waals surface area (Å²) < 4.78 is 29.0. The first-order valence-corrected chi connectivity index (χ1v) is 9.57. The van der Waals surface area contributed by atoms with Crippen molar-refractivity contribution in [2.24, 2.45) is 0 Å². The summed E-state index contributed by atoms with van der Waals surface area (Å²) in [6.45, 7) is 0.487. The highest BCUT2D eigenvalue weighted by molar-refractivity contribution is 8.14. The monoisotopic (exact) mass is 414 g/mol. The molecule has 140 valence electrons. The molecule has 0 atom stereocenters. The Bertz CT molecular complexity index is 1180. The van der Waals surface area contributed by atoms with Crippen molar-refractivity contribution in [2.45, 2.75) is 11.7 Å². The van der Waals surface area contributed by atoms with Gasteiger partial charge in [-0.2, -0.15) is 0 Å². The normalized spacial score (nSPS) is 11.1. The van der Waals surface area contributed by atoms with E-state index in [-0.39, 0.29) is 5.56 Å². The molecular weight excluding hydrogens is 402 g/mol. The molecule has 0 saturated carbocycles. The van der Waals surface area contributed by atoms with Gasteiger partial charge in [0, 0.05) is 11.1 Å². The zero-order valence-corrected chi connectivity index (χ0v) is 16.0. The predicted molar refractivity (Wildman–Crippen MR) is 107 cm³/mol. The Balaban J connectivity index is 1.75. The van der Waals surface area contributed by atoms with Crippen molar-refractivity contribution < 1.29 is 13.6 Å². The lowest BCUT2D eigenvalue weighted by Gasteiger charge is -2.09. The van der Waals surface area contributed by atoms with Crippen molar-refractivity contribution in [3.63, 3.8) is 0 Å². The van der Waals surface area contributed by atoms with Gasteiger partial charge in [0.15, 0.2) is 5.16 Å². The van der Waals surface area contributed by atoms with Crippen molar-refractivity contribution in [3.05, 3.63) is 94.5 Å². The van der Waals surface area contributed by atoms with Crippen LogP contribution >= 0.6 is 23.4 Å². The van der Waals surface area contributed by atoms with E-state index in [1.54, 1.807) is 12.1 Å². The summed E-state index contributed by atoms with van der Waals surface area (Å²) in [5.74, 6) is -1.63. The molecule has 0 aliphatic carbocycles. The second-order valence-corrected chi connectivity index (χ2v) is 7.49. The Labute approximate surface area is 169 Å². The fraction of sp³-hybridized carbons (Fsp3) is 0.0476. The molecule has 0 aliphatic heterocycles. The van der Waals surface area contributed by atoms with Gasteiger partial charge in [-0.05, 0) is 47.7 Å². The highest BCUT2D eigenvalue weighted by atomic mass is 35.5. The third-order valence-corrected chi connectivity index (χ3v) is 5.33. The highest BCUT2D eigenvalue weighted by Gasteiger charge is 2.19. The standard InChI is InChI=1S/C21H13ClF2N2OS/c22-14-6-9-19-18(10-14)25-21(26(19)12-13-4-2-1-3-5-13)28-20(27)16-8-7-15(23)11-17(16)24/h1-11H,12H2. The van der Waals surface area contributed by atoms with Gasteiger partial charge >= 0.3 is 0 Å². The number of aromatic nitrogens is 2. The van der Waals surface area contributed by atoms with Gasteiger partial charge in [-0.3, -0.25) is 4.79 Å². The minimum Gasteiger partial charge on any atom is -0.314 e. The van der Waals surface area contributed by atoms with Gasteiger partial charge in [-0.15, -0.1) is 0 Å². The van der Waals surface area contributed by atoms with Gasteiger partial charge in [0.05, 0.1) is 23.1 Å². The van der Waals surface area contributed by atoms with Crippen LogP contribution in [0.15, 0.2) is 71.9 Å². The van der Waals surface area contributed by atoms with Crippen molar-refractivity contribution in [2.75, 3.05) is 0 Å². The number of imidazole rings is 1. The topological polar surface area (TPSA) is 34.9 Å². The molecule has 1 aromatic heterocycles. The van der Waals surface area contributed by atoms with E-state index in [1.807, 2.05) is 41.0 Å². The van der Waals surface area contributed by atoms with Crippen LogP contribution in [-0.4, -0.2) is 14.7 Å². The second kappa shape index (κ2) is 7.73. The average Bonchev–Trinajstić information content (AvgIpc) is 2.98. The third-order valence-electron chi connectivity index (χ3n) is 4.19. The van der Waals surface area contributed by atoms with Gasteiger partial charge in [-0.25, -0.2) is 13.8 Å². The molecule has 28 heavy (non-hydrogen) atoms. The van der Waals surface area contributed by atoms with E-state index in [1.165, 1.54) is 0 Å². The number of halogens is 3. The molecule has 4 aromatic rings. The van der Waals surface area contributed by atoms with E-state index in [0.717, 1.165) is 35.0 Å². The number of nitrogens with zero attached hydrogens (tertiary/aromatic N) is 2. The van der Waals surface area contributed by atoms with Gasteiger partial charge in [-0.1, -0.05) is 41.9 Å². The Morgan fingerprint density at radius 1 is 1.04 bits per heavy atom. The number of hydrogen-bond acceptors (Lipinski definition) is 3. The Morgan fingerprint density at radius 3 is 2.57 bits per heavy atom. The smallest absolute Gasteiger partial charge is 0.229 e. The first-order chi connectivity index (χ1) is 13.5. The van der Waals surface area contributed by atoms with Crippen LogP contribution in [0.4, 0.5) is 8.78 Å². The van der Waals surface area contributed by atoms with E-state index in [0.29, 0.717) is 28.3 Å². The molecule has 0 N–H and O–H groups in total. The van der Waals surface area contributed by atoms with E-state index in [4.69, 9.17) is 11.6 Å². The van der Waals surface area contributed by atoms with Crippen LogP contribution in [-0.2, 0) is 6.54 Å². The zero-order valence-electron chi connectivity index (χ0n) is 14.4. The number of hydrogen-bond donors (Lipinski definition) is 0. The van der Waals surface area contributed by atoms with Crippen LogP contribution in [0, 0.1) is 11.6 Å².